The molecule has 3 aliphatic rings. The van der Waals surface area contributed by atoms with E-state index in [1.165, 1.54) is 19.3 Å². The van der Waals surface area contributed by atoms with Crippen LogP contribution in [0.5, 0.6) is 0 Å². The van der Waals surface area contributed by atoms with Gasteiger partial charge in [0.2, 0.25) is 5.95 Å². The molecule has 0 radical (unpaired) electrons. The summed E-state index contributed by atoms with van der Waals surface area (Å²) in [7, 11) is 0. The highest BCUT2D eigenvalue weighted by atomic mass is 16.1. The molecule has 1 aromatic carbocycles. The van der Waals surface area contributed by atoms with Crippen molar-refractivity contribution in [2.45, 2.75) is 51.6 Å². The smallest absolute Gasteiger partial charge is 0.252 e. The Bertz CT molecular complexity index is 1180. The van der Waals surface area contributed by atoms with Crippen molar-refractivity contribution >= 4 is 22.7 Å². The highest BCUT2D eigenvalue weighted by Gasteiger charge is 2.45. The predicted octanol–water partition coefficient (Wildman–Crippen LogP) is 4.36. The Kier molecular flexibility index (Phi) is 5.41. The quantitative estimate of drug-likeness (QED) is 0.635. The number of para-hydroxylation sites is 1. The number of hydrogen-bond donors (Lipinski definition) is 1. The molecule has 1 N–H and O–H groups in total. The zero-order valence-electron chi connectivity index (χ0n) is 19.4. The predicted molar refractivity (Wildman–Crippen MR) is 132 cm³/mol. The van der Waals surface area contributed by atoms with Crippen LogP contribution in [0.3, 0.4) is 0 Å². The number of aromatic nitrogens is 3. The Hall–Kier alpha value is -2.73. The number of fused-ring (bicyclic) bond motifs is 3. The van der Waals surface area contributed by atoms with Crippen LogP contribution < -0.4 is 15.8 Å². The maximum absolute atomic E-state index is 13.1. The van der Waals surface area contributed by atoms with E-state index in [0.29, 0.717) is 23.8 Å². The van der Waals surface area contributed by atoms with E-state index < -0.39 is 0 Å². The second kappa shape index (κ2) is 8.56. The number of anilines is 2. The van der Waals surface area contributed by atoms with Crippen LogP contribution in [0, 0.1) is 23.7 Å². The molecule has 3 fully saturated rings. The largest absolute Gasteiger partial charge is 0.317 e. The topological polar surface area (TPSA) is 63.1 Å². The lowest BCUT2D eigenvalue weighted by Gasteiger charge is -2.35. The van der Waals surface area contributed by atoms with E-state index in [1.54, 1.807) is 6.07 Å². The third-order valence-corrected chi connectivity index (χ3v) is 8.57. The van der Waals surface area contributed by atoms with Crippen molar-refractivity contribution < 1.29 is 0 Å². The van der Waals surface area contributed by atoms with E-state index in [4.69, 9.17) is 9.97 Å². The van der Waals surface area contributed by atoms with Crippen LogP contribution >= 0.6 is 0 Å². The molecule has 1 saturated heterocycles. The summed E-state index contributed by atoms with van der Waals surface area (Å²) < 4.78 is 1.94. The SMILES string of the molecule is CC1C2CCC(C2)C1Cn1c(=O)ccc2cnc(N(c3ccccc3)C3CCNCC3)nc21. The molecule has 6 nitrogen and oxygen atoms in total. The van der Waals surface area contributed by atoms with Crippen molar-refractivity contribution in [3.63, 3.8) is 0 Å². The number of pyridine rings is 1. The van der Waals surface area contributed by atoms with Crippen molar-refractivity contribution in [2.75, 3.05) is 18.0 Å². The average Bonchev–Trinajstić information content (AvgIpc) is 3.45. The summed E-state index contributed by atoms with van der Waals surface area (Å²) in [5.74, 6) is 3.54. The van der Waals surface area contributed by atoms with Crippen molar-refractivity contribution in [1.29, 1.82) is 0 Å². The van der Waals surface area contributed by atoms with Crippen LogP contribution in [0.25, 0.3) is 11.0 Å². The first kappa shape index (κ1) is 20.8. The molecule has 33 heavy (non-hydrogen) atoms. The molecule has 172 valence electrons. The first-order valence-corrected chi connectivity index (χ1v) is 12.6. The fraction of sp³-hybridized carbons (Fsp3) is 0.519. The lowest BCUT2D eigenvalue weighted by atomic mass is 9.80. The second-order valence-electron chi connectivity index (χ2n) is 10.3. The zero-order valence-corrected chi connectivity index (χ0v) is 19.4. The van der Waals surface area contributed by atoms with E-state index in [1.807, 2.05) is 22.9 Å². The van der Waals surface area contributed by atoms with Gasteiger partial charge in [0.05, 0.1) is 0 Å². The van der Waals surface area contributed by atoms with Gasteiger partial charge in [0, 0.05) is 35.9 Å². The summed E-state index contributed by atoms with van der Waals surface area (Å²) in [6, 6.07) is 14.3. The second-order valence-corrected chi connectivity index (χ2v) is 10.3. The molecular weight excluding hydrogens is 410 g/mol. The number of hydrogen-bond acceptors (Lipinski definition) is 5. The van der Waals surface area contributed by atoms with Gasteiger partial charge in [-0.15, -0.1) is 0 Å². The van der Waals surface area contributed by atoms with Crippen molar-refractivity contribution in [2.24, 2.45) is 23.7 Å². The molecule has 4 atom stereocenters. The molecule has 0 spiro atoms. The highest BCUT2D eigenvalue weighted by molar-refractivity contribution is 5.76. The molecular formula is C27H33N5O. The summed E-state index contributed by atoms with van der Waals surface area (Å²) in [6.07, 6.45) is 8.00. The Morgan fingerprint density at radius 2 is 1.82 bits per heavy atom. The lowest BCUT2D eigenvalue weighted by Crippen LogP contribution is -2.41. The fourth-order valence-electron chi connectivity index (χ4n) is 6.72. The molecule has 2 aromatic heterocycles. The minimum Gasteiger partial charge on any atom is -0.317 e. The highest BCUT2D eigenvalue weighted by Crippen LogP contribution is 2.52. The molecule has 6 heteroatoms. The molecule has 1 aliphatic heterocycles. The van der Waals surface area contributed by atoms with Crippen LogP contribution in [-0.2, 0) is 6.54 Å². The summed E-state index contributed by atoms with van der Waals surface area (Å²) in [5, 5.41) is 4.40. The van der Waals surface area contributed by atoms with Crippen LogP contribution in [0.15, 0.2) is 53.5 Å². The van der Waals surface area contributed by atoms with Gasteiger partial charge in [-0.1, -0.05) is 25.1 Å². The molecule has 3 aromatic rings. The Morgan fingerprint density at radius 1 is 1.03 bits per heavy atom. The van der Waals surface area contributed by atoms with Crippen LogP contribution in [0.1, 0.15) is 39.0 Å². The number of nitrogens with one attached hydrogen (secondary N) is 1. The van der Waals surface area contributed by atoms with Crippen molar-refractivity contribution in [3.05, 3.63) is 59.0 Å². The van der Waals surface area contributed by atoms with Gasteiger partial charge >= 0.3 is 0 Å². The van der Waals surface area contributed by atoms with Crippen molar-refractivity contribution in [3.8, 4) is 0 Å². The zero-order chi connectivity index (χ0) is 22.4. The summed E-state index contributed by atoms with van der Waals surface area (Å²) >= 11 is 0. The van der Waals surface area contributed by atoms with E-state index >= 15 is 0 Å². The van der Waals surface area contributed by atoms with Crippen molar-refractivity contribution in [1.82, 2.24) is 19.9 Å². The van der Waals surface area contributed by atoms with E-state index in [2.05, 4.69) is 41.4 Å². The number of piperidine rings is 1. The van der Waals surface area contributed by atoms with E-state index in [9.17, 15) is 4.79 Å². The Balaban J connectivity index is 1.42. The van der Waals surface area contributed by atoms with Crippen LogP contribution in [-0.4, -0.2) is 33.7 Å². The molecule has 6 rings (SSSR count). The Labute approximate surface area is 195 Å². The molecule has 3 heterocycles. The van der Waals surface area contributed by atoms with E-state index in [-0.39, 0.29) is 5.56 Å². The lowest BCUT2D eigenvalue weighted by molar-refractivity contribution is 0.213. The molecule has 2 saturated carbocycles. The minimum atomic E-state index is 0.0512. The first-order valence-electron chi connectivity index (χ1n) is 12.6. The first-order chi connectivity index (χ1) is 16.2. The minimum absolute atomic E-state index is 0.0512. The summed E-state index contributed by atoms with van der Waals surface area (Å²) in [4.78, 5) is 25.2. The summed E-state index contributed by atoms with van der Waals surface area (Å²) in [6.45, 7) is 5.15. The van der Waals surface area contributed by atoms with Crippen LogP contribution in [0.2, 0.25) is 0 Å². The number of rotatable bonds is 5. The number of nitrogens with zero attached hydrogens (tertiary/aromatic N) is 4. The Morgan fingerprint density at radius 3 is 2.58 bits per heavy atom. The molecule has 2 aliphatic carbocycles. The average molecular weight is 444 g/mol. The molecule has 4 unspecified atom stereocenters. The van der Waals surface area contributed by atoms with Gasteiger partial charge in [0.15, 0.2) is 0 Å². The maximum atomic E-state index is 13.1. The standard InChI is InChI=1S/C27H33N5O/c1-18-19-7-8-20(15-19)24(18)17-31-25(33)10-9-21-16-29-27(30-26(21)31)32(22-5-3-2-4-6-22)23-11-13-28-14-12-23/h2-6,9-10,16,18-20,23-24,28H,7-8,11-15,17H2,1H3. The number of benzene rings is 1. The third-order valence-electron chi connectivity index (χ3n) is 8.57. The fourth-order valence-corrected chi connectivity index (χ4v) is 6.72. The monoisotopic (exact) mass is 443 g/mol. The van der Waals surface area contributed by atoms with Gasteiger partial charge in [-0.05, 0) is 87.1 Å². The molecule has 0 amide bonds. The molecule has 2 bridgehead atoms. The van der Waals surface area contributed by atoms with Gasteiger partial charge in [0.25, 0.3) is 5.56 Å². The summed E-state index contributed by atoms with van der Waals surface area (Å²) in [5.41, 5.74) is 1.93. The van der Waals surface area contributed by atoms with Gasteiger partial charge in [-0.2, -0.15) is 4.98 Å². The van der Waals surface area contributed by atoms with Gasteiger partial charge in [-0.3, -0.25) is 9.36 Å². The normalized spacial score (nSPS) is 27.3. The third kappa shape index (κ3) is 3.74. The van der Waals surface area contributed by atoms with Crippen LogP contribution in [0.4, 0.5) is 11.6 Å². The van der Waals surface area contributed by atoms with Gasteiger partial charge in [-0.25, -0.2) is 4.98 Å². The van der Waals surface area contributed by atoms with Gasteiger partial charge in [0.1, 0.15) is 5.65 Å². The van der Waals surface area contributed by atoms with E-state index in [0.717, 1.165) is 61.0 Å². The maximum Gasteiger partial charge on any atom is 0.252 e. The van der Waals surface area contributed by atoms with Gasteiger partial charge < -0.3 is 10.2 Å².